The number of benzene rings is 2. The number of nitrogens with one attached hydrogen (secondary N) is 2. The topological polar surface area (TPSA) is 53.8 Å². The molecule has 1 heterocycles. The first-order chi connectivity index (χ1) is 11.7. The van der Waals surface area contributed by atoms with Crippen molar-refractivity contribution in [2.75, 3.05) is 11.9 Å². The van der Waals surface area contributed by atoms with Gasteiger partial charge in [-0.3, -0.25) is 0 Å². The first-order valence-corrected chi connectivity index (χ1v) is 9.24. The van der Waals surface area contributed by atoms with E-state index in [1.54, 1.807) is 0 Å². The quantitative estimate of drug-likeness (QED) is 0.533. The number of hydrogen-bond donors (Lipinski definition) is 3. The van der Waals surface area contributed by atoms with Crippen LogP contribution in [-0.2, 0) is 6.42 Å². The second-order valence-corrected chi connectivity index (χ2v) is 6.89. The van der Waals surface area contributed by atoms with Crippen molar-refractivity contribution >= 4 is 39.1 Å². The van der Waals surface area contributed by atoms with Crippen LogP contribution in [0.1, 0.15) is 38.7 Å². The molecule has 4 heteroatoms. The lowest BCUT2D eigenvalue weighted by Crippen LogP contribution is -2.18. The smallest absolute Gasteiger partial charge is 0.0499 e. The van der Waals surface area contributed by atoms with Crippen LogP contribution in [-0.4, -0.2) is 17.6 Å². The molecule has 0 aliphatic rings. The maximum Gasteiger partial charge on any atom is 0.0499 e. The second kappa shape index (κ2) is 7.45. The Hall–Kier alpha value is -1.71. The molecule has 0 bridgehead atoms. The lowest BCUT2D eigenvalue weighted by atomic mass is 10.0. The molecule has 4 N–H and O–H groups in total. The Kier molecular flexibility index (Phi) is 5.32. The number of nitrogens with two attached hydrogens (primary N) is 1. The fourth-order valence-electron chi connectivity index (χ4n) is 3.44. The van der Waals surface area contributed by atoms with Crippen LogP contribution in [0.2, 0.25) is 5.02 Å². The van der Waals surface area contributed by atoms with Crippen LogP contribution in [0.25, 0.3) is 21.8 Å². The lowest BCUT2D eigenvalue weighted by molar-refractivity contribution is 0.623. The largest absolute Gasteiger partial charge is 0.382 e. The highest BCUT2D eigenvalue weighted by Crippen LogP contribution is 2.33. The minimum atomic E-state index is 0.506. The summed E-state index contributed by atoms with van der Waals surface area (Å²) < 4.78 is 0. The van der Waals surface area contributed by atoms with Gasteiger partial charge < -0.3 is 16.0 Å². The van der Waals surface area contributed by atoms with Crippen molar-refractivity contribution < 1.29 is 0 Å². The molecule has 0 amide bonds. The Balaban J connectivity index is 2.13. The molecule has 0 saturated heterocycles. The molecule has 128 valence electrons. The van der Waals surface area contributed by atoms with Crippen molar-refractivity contribution in [3.05, 3.63) is 40.9 Å². The second-order valence-electron chi connectivity index (χ2n) is 6.45. The number of hydrogen-bond acceptors (Lipinski definition) is 2. The Bertz CT molecular complexity index is 838. The molecule has 0 fully saturated rings. The fourth-order valence-corrected chi connectivity index (χ4v) is 3.62. The average Bonchev–Trinajstić information content (AvgIpc) is 2.93. The maximum absolute atomic E-state index is 6.22. The van der Waals surface area contributed by atoms with Gasteiger partial charge in [-0.05, 0) is 61.7 Å². The van der Waals surface area contributed by atoms with E-state index in [1.165, 1.54) is 40.4 Å². The third-order valence-electron chi connectivity index (χ3n) is 4.67. The van der Waals surface area contributed by atoms with Gasteiger partial charge in [0.25, 0.3) is 0 Å². The van der Waals surface area contributed by atoms with E-state index in [9.17, 15) is 0 Å². The highest BCUT2D eigenvalue weighted by atomic mass is 35.5. The molecule has 3 nitrogen and oxygen atoms in total. The van der Waals surface area contributed by atoms with E-state index < -0.39 is 0 Å². The standard InChI is InChI=1S/C20H26ClN3/c1-3-5-15(4-2)23-16-10-13(8-9-22)20-18(12-16)17-11-14(21)6-7-19(17)24-20/h6-7,10-12,15,23-24H,3-5,8-9,22H2,1-2H3. The predicted molar refractivity (Wildman–Crippen MR) is 106 cm³/mol. The Labute approximate surface area is 148 Å². The molecule has 0 saturated carbocycles. The van der Waals surface area contributed by atoms with Crippen LogP contribution < -0.4 is 11.1 Å². The third-order valence-corrected chi connectivity index (χ3v) is 4.90. The van der Waals surface area contributed by atoms with Crippen molar-refractivity contribution in [1.82, 2.24) is 4.98 Å². The molecule has 1 atom stereocenters. The van der Waals surface area contributed by atoms with E-state index in [0.717, 1.165) is 23.4 Å². The van der Waals surface area contributed by atoms with Gasteiger partial charge in [-0.15, -0.1) is 0 Å². The third kappa shape index (κ3) is 3.38. The van der Waals surface area contributed by atoms with E-state index in [4.69, 9.17) is 17.3 Å². The van der Waals surface area contributed by atoms with Gasteiger partial charge >= 0.3 is 0 Å². The summed E-state index contributed by atoms with van der Waals surface area (Å²) in [7, 11) is 0. The van der Waals surface area contributed by atoms with Crippen LogP contribution in [0, 0.1) is 0 Å². The predicted octanol–water partition coefficient (Wildman–Crippen LogP) is 5.47. The van der Waals surface area contributed by atoms with Gasteiger partial charge in [0.05, 0.1) is 0 Å². The summed E-state index contributed by atoms with van der Waals surface area (Å²) in [5.74, 6) is 0. The van der Waals surface area contributed by atoms with Gasteiger partial charge in [-0.1, -0.05) is 31.9 Å². The first kappa shape index (κ1) is 17.1. The summed E-state index contributed by atoms with van der Waals surface area (Å²) in [6, 6.07) is 11.0. The normalized spacial score (nSPS) is 12.8. The monoisotopic (exact) mass is 343 g/mol. The minimum absolute atomic E-state index is 0.506. The van der Waals surface area contributed by atoms with Gasteiger partial charge in [0.2, 0.25) is 0 Å². The molecule has 24 heavy (non-hydrogen) atoms. The summed E-state index contributed by atoms with van der Waals surface area (Å²) in [5, 5.41) is 6.85. The fraction of sp³-hybridized carbons (Fsp3) is 0.400. The number of H-pyrrole nitrogens is 1. The summed E-state index contributed by atoms with van der Waals surface area (Å²) in [6.07, 6.45) is 4.35. The van der Waals surface area contributed by atoms with E-state index >= 15 is 0 Å². The number of anilines is 1. The molecule has 0 radical (unpaired) electrons. The molecular formula is C20H26ClN3. The number of fused-ring (bicyclic) bond motifs is 3. The molecule has 1 aromatic heterocycles. The molecular weight excluding hydrogens is 318 g/mol. The van der Waals surface area contributed by atoms with E-state index in [2.05, 4.69) is 36.3 Å². The molecule has 3 aromatic rings. The van der Waals surface area contributed by atoms with Crippen LogP contribution in [0.4, 0.5) is 5.69 Å². The van der Waals surface area contributed by atoms with Crippen molar-refractivity contribution in [1.29, 1.82) is 0 Å². The van der Waals surface area contributed by atoms with Crippen molar-refractivity contribution in [3.63, 3.8) is 0 Å². The molecule has 0 spiro atoms. The van der Waals surface area contributed by atoms with Crippen molar-refractivity contribution in [3.8, 4) is 0 Å². The molecule has 2 aromatic carbocycles. The zero-order chi connectivity index (χ0) is 17.1. The summed E-state index contributed by atoms with van der Waals surface area (Å²) >= 11 is 6.22. The number of halogens is 1. The van der Waals surface area contributed by atoms with E-state index in [1.807, 2.05) is 18.2 Å². The maximum atomic E-state index is 6.22. The Morgan fingerprint density at radius 3 is 2.71 bits per heavy atom. The number of aromatic nitrogens is 1. The number of aromatic amines is 1. The summed E-state index contributed by atoms with van der Waals surface area (Å²) in [5.41, 5.74) is 10.6. The van der Waals surface area contributed by atoms with Crippen LogP contribution in [0.3, 0.4) is 0 Å². The van der Waals surface area contributed by atoms with Crippen LogP contribution in [0.5, 0.6) is 0 Å². The van der Waals surface area contributed by atoms with E-state index in [-0.39, 0.29) is 0 Å². The zero-order valence-electron chi connectivity index (χ0n) is 14.5. The molecule has 0 aliphatic carbocycles. The van der Waals surface area contributed by atoms with Crippen molar-refractivity contribution in [2.45, 2.75) is 45.6 Å². The van der Waals surface area contributed by atoms with Crippen molar-refractivity contribution in [2.24, 2.45) is 5.73 Å². The first-order valence-electron chi connectivity index (χ1n) is 8.86. The highest BCUT2D eigenvalue weighted by molar-refractivity contribution is 6.31. The lowest BCUT2D eigenvalue weighted by Gasteiger charge is -2.18. The van der Waals surface area contributed by atoms with Crippen LogP contribution in [0.15, 0.2) is 30.3 Å². The number of rotatable bonds is 7. The molecule has 0 aliphatic heterocycles. The zero-order valence-corrected chi connectivity index (χ0v) is 15.2. The average molecular weight is 344 g/mol. The molecule has 1 unspecified atom stereocenters. The minimum Gasteiger partial charge on any atom is -0.382 e. The van der Waals surface area contributed by atoms with Gasteiger partial charge in [0.15, 0.2) is 0 Å². The van der Waals surface area contributed by atoms with Gasteiger partial charge in [-0.2, -0.15) is 0 Å². The van der Waals surface area contributed by atoms with Gasteiger partial charge in [0.1, 0.15) is 0 Å². The van der Waals surface area contributed by atoms with Gasteiger partial charge in [-0.25, -0.2) is 0 Å². The van der Waals surface area contributed by atoms with E-state index in [0.29, 0.717) is 12.6 Å². The van der Waals surface area contributed by atoms with Gasteiger partial charge in [0, 0.05) is 38.6 Å². The Morgan fingerprint density at radius 1 is 1.17 bits per heavy atom. The molecule has 3 rings (SSSR count). The highest BCUT2D eigenvalue weighted by Gasteiger charge is 2.12. The SMILES string of the molecule is CCCC(CC)Nc1cc(CCN)c2[nH]c3ccc(Cl)cc3c2c1. The summed E-state index contributed by atoms with van der Waals surface area (Å²) in [4.78, 5) is 3.54. The van der Waals surface area contributed by atoms with Crippen LogP contribution >= 0.6 is 11.6 Å². The summed E-state index contributed by atoms with van der Waals surface area (Å²) in [6.45, 7) is 5.11. The Morgan fingerprint density at radius 2 is 2.00 bits per heavy atom.